The number of amidine groups is 1. The van der Waals surface area contributed by atoms with Crippen LogP contribution in [0.15, 0.2) is 34.2 Å². The Hall–Kier alpha value is -1.44. The molecule has 0 saturated carbocycles. The molecule has 1 fully saturated rings. The number of hydrogen-bond acceptors (Lipinski definition) is 5. The van der Waals surface area contributed by atoms with E-state index in [9.17, 15) is 8.42 Å². The van der Waals surface area contributed by atoms with Crippen molar-refractivity contribution in [3.8, 4) is 0 Å². The number of sulfonamides is 1. The third kappa shape index (κ3) is 2.95. The van der Waals surface area contributed by atoms with Gasteiger partial charge in [0.1, 0.15) is 5.84 Å². The van der Waals surface area contributed by atoms with Crippen LogP contribution in [0.1, 0.15) is 12.5 Å². The minimum atomic E-state index is -3.46. The molecule has 2 heterocycles. The second-order valence-corrected chi connectivity index (χ2v) is 6.83. The number of nitrogens with zero attached hydrogens (tertiary/aromatic N) is 2. The summed E-state index contributed by atoms with van der Waals surface area (Å²) in [6, 6.07) is 6.89. The fourth-order valence-electron chi connectivity index (χ4n) is 2.62. The van der Waals surface area contributed by atoms with Gasteiger partial charge in [-0.3, -0.25) is 14.6 Å². The van der Waals surface area contributed by atoms with Crippen LogP contribution in [0.4, 0.5) is 0 Å². The minimum absolute atomic E-state index is 0.0171. The maximum absolute atomic E-state index is 12.0. The molecule has 2 aliphatic rings. The molecular weight excluding hydrogens is 290 g/mol. The van der Waals surface area contributed by atoms with Crippen molar-refractivity contribution in [2.45, 2.75) is 17.9 Å². The van der Waals surface area contributed by atoms with Crippen LogP contribution in [0.5, 0.6) is 0 Å². The number of rotatable bonds is 3. The first-order chi connectivity index (χ1) is 10.1. The predicted molar refractivity (Wildman–Crippen MR) is 80.0 cm³/mol. The van der Waals surface area contributed by atoms with Crippen molar-refractivity contribution in [1.29, 1.82) is 0 Å². The number of hydrogen-bond donors (Lipinski definition) is 1. The molecule has 6 nitrogen and oxygen atoms in total. The van der Waals surface area contributed by atoms with Gasteiger partial charge >= 0.3 is 0 Å². The lowest BCUT2D eigenvalue weighted by atomic mass is 10.2. The molecule has 114 valence electrons. The summed E-state index contributed by atoms with van der Waals surface area (Å²) in [5, 5.41) is 0. The third-order valence-electron chi connectivity index (χ3n) is 3.79. The van der Waals surface area contributed by atoms with Crippen molar-refractivity contribution in [3.05, 3.63) is 29.8 Å². The van der Waals surface area contributed by atoms with Gasteiger partial charge in [-0.1, -0.05) is 19.1 Å². The van der Waals surface area contributed by atoms with Crippen LogP contribution in [-0.2, 0) is 14.8 Å². The fourth-order valence-corrected chi connectivity index (χ4v) is 3.87. The summed E-state index contributed by atoms with van der Waals surface area (Å²) in [5.74, 6) is 0.419. The van der Waals surface area contributed by atoms with Gasteiger partial charge in [0.25, 0.3) is 10.0 Å². The van der Waals surface area contributed by atoms with Crippen LogP contribution < -0.4 is 4.72 Å². The Morgan fingerprint density at radius 3 is 3.05 bits per heavy atom. The van der Waals surface area contributed by atoms with Gasteiger partial charge in [0.2, 0.25) is 0 Å². The smallest absolute Gasteiger partial charge is 0.263 e. The van der Waals surface area contributed by atoms with Crippen molar-refractivity contribution in [1.82, 2.24) is 9.62 Å². The molecule has 3 rings (SSSR count). The first kappa shape index (κ1) is 14.5. The summed E-state index contributed by atoms with van der Waals surface area (Å²) < 4.78 is 32.2. The number of aliphatic imine (C=N–C) groups is 1. The maximum atomic E-state index is 12.0. The van der Waals surface area contributed by atoms with Crippen LogP contribution in [-0.4, -0.2) is 58.0 Å². The van der Waals surface area contributed by atoms with E-state index in [-0.39, 0.29) is 6.10 Å². The standard InChI is InChI=1S/C14H19N3O3S/c1-2-17-7-8-20-11(10-17)9-15-14-12-5-3-4-6-13(12)21(18,19)16-14/h3-6,11H,2,7-10H2,1H3,(H,15,16). The highest BCUT2D eigenvalue weighted by Gasteiger charge is 2.30. The van der Waals surface area contributed by atoms with Crippen molar-refractivity contribution >= 4 is 15.9 Å². The molecule has 7 heteroatoms. The lowest BCUT2D eigenvalue weighted by Gasteiger charge is -2.31. The number of likely N-dealkylation sites (N-methyl/N-ethyl adjacent to an activating group) is 1. The molecule has 0 spiro atoms. The molecule has 1 aromatic carbocycles. The number of morpholine rings is 1. The second kappa shape index (κ2) is 5.75. The SMILES string of the molecule is CCN1CCOC(CN=C2NS(=O)(=O)c3ccccc32)C1. The van der Waals surface area contributed by atoms with Crippen LogP contribution in [0.2, 0.25) is 0 Å². The Bertz CT molecular complexity index is 657. The van der Waals surface area contributed by atoms with E-state index >= 15 is 0 Å². The van der Waals surface area contributed by atoms with Gasteiger partial charge in [-0.25, -0.2) is 8.42 Å². The topological polar surface area (TPSA) is 71.0 Å². The largest absolute Gasteiger partial charge is 0.374 e. The lowest BCUT2D eigenvalue weighted by Crippen LogP contribution is -2.43. The molecule has 0 amide bonds. The summed E-state index contributed by atoms with van der Waals surface area (Å²) >= 11 is 0. The summed E-state index contributed by atoms with van der Waals surface area (Å²) in [5.41, 5.74) is 0.639. The zero-order valence-electron chi connectivity index (χ0n) is 11.9. The van der Waals surface area contributed by atoms with Gasteiger partial charge in [-0.05, 0) is 18.7 Å². The average Bonchev–Trinajstić information content (AvgIpc) is 2.77. The first-order valence-electron chi connectivity index (χ1n) is 7.11. The molecule has 1 aromatic rings. The zero-order valence-corrected chi connectivity index (χ0v) is 12.8. The zero-order chi connectivity index (χ0) is 14.9. The van der Waals surface area contributed by atoms with E-state index in [0.717, 1.165) is 19.6 Å². The van der Waals surface area contributed by atoms with Gasteiger partial charge < -0.3 is 4.74 Å². The van der Waals surface area contributed by atoms with E-state index in [1.54, 1.807) is 18.2 Å². The number of ether oxygens (including phenoxy) is 1. The van der Waals surface area contributed by atoms with Gasteiger partial charge in [0.05, 0.1) is 24.2 Å². The van der Waals surface area contributed by atoms with E-state index in [1.165, 1.54) is 0 Å². The monoisotopic (exact) mass is 309 g/mol. The third-order valence-corrected chi connectivity index (χ3v) is 5.18. The highest BCUT2D eigenvalue weighted by atomic mass is 32.2. The molecule has 21 heavy (non-hydrogen) atoms. The first-order valence-corrected chi connectivity index (χ1v) is 8.59. The highest BCUT2D eigenvalue weighted by molar-refractivity contribution is 7.90. The van der Waals surface area contributed by atoms with E-state index < -0.39 is 10.0 Å². The van der Waals surface area contributed by atoms with Crippen molar-refractivity contribution < 1.29 is 13.2 Å². The Kier molecular flexibility index (Phi) is 3.97. The fraction of sp³-hybridized carbons (Fsp3) is 0.500. The quantitative estimate of drug-likeness (QED) is 0.880. The Labute approximate surface area is 124 Å². The molecule has 1 saturated heterocycles. The summed E-state index contributed by atoms with van der Waals surface area (Å²) in [4.78, 5) is 7.03. The Morgan fingerprint density at radius 2 is 2.24 bits per heavy atom. The molecule has 0 aromatic heterocycles. The predicted octanol–water partition coefficient (Wildman–Crippen LogP) is 0.446. The molecule has 1 N–H and O–H groups in total. The maximum Gasteiger partial charge on any atom is 0.263 e. The molecule has 0 bridgehead atoms. The molecule has 2 aliphatic heterocycles. The number of fused-ring (bicyclic) bond motifs is 1. The number of benzene rings is 1. The summed E-state index contributed by atoms with van der Waals surface area (Å²) in [6.45, 7) is 6.05. The van der Waals surface area contributed by atoms with E-state index in [2.05, 4.69) is 21.5 Å². The van der Waals surface area contributed by atoms with Crippen LogP contribution in [0.3, 0.4) is 0 Å². The second-order valence-electron chi connectivity index (χ2n) is 5.18. The van der Waals surface area contributed by atoms with Crippen molar-refractivity contribution in [3.63, 3.8) is 0 Å². The van der Waals surface area contributed by atoms with Crippen molar-refractivity contribution in [2.24, 2.45) is 4.99 Å². The van der Waals surface area contributed by atoms with Gasteiger partial charge in [0.15, 0.2) is 0 Å². The highest BCUT2D eigenvalue weighted by Crippen LogP contribution is 2.22. The average molecular weight is 309 g/mol. The molecule has 1 atom stereocenters. The molecular formula is C14H19N3O3S. The van der Waals surface area contributed by atoms with Gasteiger partial charge in [0, 0.05) is 18.7 Å². The Morgan fingerprint density at radius 1 is 1.43 bits per heavy atom. The summed E-state index contributed by atoms with van der Waals surface area (Å²) in [7, 11) is -3.46. The van der Waals surface area contributed by atoms with Gasteiger partial charge in [-0.2, -0.15) is 0 Å². The Balaban J connectivity index is 1.76. The van der Waals surface area contributed by atoms with Crippen molar-refractivity contribution in [2.75, 3.05) is 32.8 Å². The number of nitrogens with one attached hydrogen (secondary N) is 1. The lowest BCUT2D eigenvalue weighted by molar-refractivity contribution is -0.0209. The van der Waals surface area contributed by atoms with E-state index in [1.807, 2.05) is 6.07 Å². The molecule has 1 unspecified atom stereocenters. The van der Waals surface area contributed by atoms with Gasteiger partial charge in [-0.15, -0.1) is 0 Å². The summed E-state index contributed by atoms with van der Waals surface area (Å²) in [6.07, 6.45) is 0.0171. The minimum Gasteiger partial charge on any atom is -0.374 e. The molecule has 0 aliphatic carbocycles. The van der Waals surface area contributed by atoms with Crippen LogP contribution in [0.25, 0.3) is 0 Å². The van der Waals surface area contributed by atoms with Crippen LogP contribution in [0, 0.1) is 0 Å². The van der Waals surface area contributed by atoms with E-state index in [4.69, 9.17) is 4.74 Å². The van der Waals surface area contributed by atoms with E-state index in [0.29, 0.717) is 29.4 Å². The molecule has 0 radical (unpaired) electrons. The normalized spacial score (nSPS) is 26.5. The van der Waals surface area contributed by atoms with Crippen LogP contribution >= 0.6 is 0 Å².